The van der Waals surface area contributed by atoms with Crippen molar-refractivity contribution in [1.82, 2.24) is 10.6 Å². The van der Waals surface area contributed by atoms with E-state index in [-0.39, 0.29) is 18.4 Å². The van der Waals surface area contributed by atoms with E-state index in [0.29, 0.717) is 17.3 Å². The third-order valence-electron chi connectivity index (χ3n) is 4.01. The predicted molar refractivity (Wildman–Crippen MR) is 85.9 cm³/mol. The molecule has 0 saturated heterocycles. The van der Waals surface area contributed by atoms with Gasteiger partial charge in [-0.2, -0.15) is 0 Å². The fourth-order valence-corrected chi connectivity index (χ4v) is 2.74. The van der Waals surface area contributed by atoms with Crippen LogP contribution in [0.15, 0.2) is 47.1 Å². The van der Waals surface area contributed by atoms with E-state index < -0.39 is 5.41 Å². The summed E-state index contributed by atoms with van der Waals surface area (Å²) in [6, 6.07) is 10.9. The van der Waals surface area contributed by atoms with Gasteiger partial charge in [-0.25, -0.2) is 0 Å². The third kappa shape index (κ3) is 3.56. The van der Waals surface area contributed by atoms with Crippen molar-refractivity contribution in [2.24, 2.45) is 0 Å². The van der Waals surface area contributed by atoms with Crippen molar-refractivity contribution in [2.75, 3.05) is 6.54 Å². The first kappa shape index (κ1) is 15.6. The highest BCUT2D eigenvalue weighted by molar-refractivity contribution is 6.30. The largest absolute Gasteiger partial charge is 0.467 e. The molecular formula is C17H17ClN2O3. The predicted octanol–water partition coefficient (Wildman–Crippen LogP) is 2.40. The molecule has 5 nitrogen and oxygen atoms in total. The van der Waals surface area contributed by atoms with E-state index in [9.17, 15) is 9.59 Å². The van der Waals surface area contributed by atoms with E-state index in [0.717, 1.165) is 18.4 Å². The zero-order chi connectivity index (χ0) is 16.3. The molecular weight excluding hydrogens is 316 g/mol. The summed E-state index contributed by atoms with van der Waals surface area (Å²) in [5.74, 6) is 0.284. The van der Waals surface area contributed by atoms with Gasteiger partial charge in [0.25, 0.3) is 0 Å². The van der Waals surface area contributed by atoms with Crippen LogP contribution in [0, 0.1) is 0 Å². The van der Waals surface area contributed by atoms with Crippen LogP contribution in [0.3, 0.4) is 0 Å². The van der Waals surface area contributed by atoms with Crippen LogP contribution in [0.4, 0.5) is 0 Å². The van der Waals surface area contributed by atoms with Gasteiger partial charge in [-0.15, -0.1) is 0 Å². The summed E-state index contributed by atoms with van der Waals surface area (Å²) in [7, 11) is 0. The second-order valence-corrected chi connectivity index (χ2v) is 6.07. The molecule has 2 amide bonds. The summed E-state index contributed by atoms with van der Waals surface area (Å²) in [5, 5.41) is 6.01. The normalized spacial score (nSPS) is 15.0. The van der Waals surface area contributed by atoms with Gasteiger partial charge >= 0.3 is 0 Å². The van der Waals surface area contributed by atoms with Gasteiger partial charge in [0.2, 0.25) is 11.8 Å². The first-order valence-electron chi connectivity index (χ1n) is 7.44. The summed E-state index contributed by atoms with van der Waals surface area (Å²) in [6.07, 6.45) is 3.09. The van der Waals surface area contributed by atoms with Crippen molar-refractivity contribution in [2.45, 2.75) is 24.8 Å². The first-order chi connectivity index (χ1) is 11.1. The molecule has 23 heavy (non-hydrogen) atoms. The molecule has 0 atom stereocenters. The average molecular weight is 333 g/mol. The number of amides is 2. The monoisotopic (exact) mass is 332 g/mol. The van der Waals surface area contributed by atoms with Crippen molar-refractivity contribution < 1.29 is 14.0 Å². The lowest BCUT2D eigenvalue weighted by molar-refractivity contribution is -0.127. The van der Waals surface area contributed by atoms with Gasteiger partial charge in [0, 0.05) is 5.02 Å². The van der Waals surface area contributed by atoms with Gasteiger partial charge in [0.15, 0.2) is 0 Å². The van der Waals surface area contributed by atoms with Crippen molar-refractivity contribution in [1.29, 1.82) is 0 Å². The highest BCUT2D eigenvalue weighted by Gasteiger charge is 2.51. The maximum atomic E-state index is 12.4. The Balaban J connectivity index is 1.52. The maximum absolute atomic E-state index is 12.4. The molecule has 1 aliphatic rings. The number of rotatable bonds is 6. The fourth-order valence-electron chi connectivity index (χ4n) is 2.55. The Morgan fingerprint density at radius 2 is 2.00 bits per heavy atom. The number of hydrogen-bond donors (Lipinski definition) is 2. The van der Waals surface area contributed by atoms with Gasteiger partial charge < -0.3 is 15.1 Å². The molecule has 120 valence electrons. The molecule has 0 bridgehead atoms. The molecule has 1 aromatic carbocycles. The lowest BCUT2D eigenvalue weighted by Gasteiger charge is -2.16. The Kier molecular flexibility index (Phi) is 4.39. The summed E-state index contributed by atoms with van der Waals surface area (Å²) in [5.41, 5.74) is 0.366. The molecule has 1 saturated carbocycles. The lowest BCUT2D eigenvalue weighted by Crippen LogP contribution is -2.41. The van der Waals surface area contributed by atoms with Gasteiger partial charge in [-0.3, -0.25) is 9.59 Å². The van der Waals surface area contributed by atoms with Crippen LogP contribution < -0.4 is 10.6 Å². The fraction of sp³-hybridized carbons (Fsp3) is 0.294. The van der Waals surface area contributed by atoms with Gasteiger partial charge in [-0.1, -0.05) is 23.7 Å². The molecule has 6 heteroatoms. The van der Waals surface area contributed by atoms with E-state index in [1.807, 2.05) is 18.2 Å². The molecule has 1 aromatic heterocycles. The Morgan fingerprint density at radius 1 is 1.17 bits per heavy atom. The van der Waals surface area contributed by atoms with Crippen LogP contribution >= 0.6 is 11.6 Å². The number of carbonyl (C=O) groups excluding carboxylic acids is 2. The van der Waals surface area contributed by atoms with E-state index in [4.69, 9.17) is 16.0 Å². The molecule has 0 unspecified atom stereocenters. The van der Waals surface area contributed by atoms with Crippen LogP contribution in [0.25, 0.3) is 0 Å². The van der Waals surface area contributed by atoms with Crippen molar-refractivity contribution in [3.63, 3.8) is 0 Å². The first-order valence-corrected chi connectivity index (χ1v) is 7.81. The topological polar surface area (TPSA) is 71.3 Å². The van der Waals surface area contributed by atoms with Crippen LogP contribution in [0.1, 0.15) is 24.2 Å². The summed E-state index contributed by atoms with van der Waals surface area (Å²) >= 11 is 6.00. The number of nitrogens with one attached hydrogen (secondary N) is 2. The Hall–Kier alpha value is -2.27. The second kappa shape index (κ2) is 6.46. The van der Waals surface area contributed by atoms with E-state index in [1.165, 1.54) is 0 Å². The Bertz CT molecular complexity index is 708. The standard InChI is InChI=1S/C17H17ClN2O3/c18-13-4-1-3-12(9-13)17(6-7-17)16(22)20-11-15(21)19-10-14-5-2-8-23-14/h1-5,8-9H,6-7,10-11H2,(H,19,21)(H,20,22). The van der Waals surface area contributed by atoms with Crippen LogP contribution in [-0.2, 0) is 21.5 Å². The van der Waals surface area contributed by atoms with Crippen molar-refractivity contribution in [3.05, 3.63) is 59.0 Å². The smallest absolute Gasteiger partial charge is 0.239 e. The highest BCUT2D eigenvalue weighted by atomic mass is 35.5. The summed E-state index contributed by atoms with van der Waals surface area (Å²) in [4.78, 5) is 24.2. The molecule has 2 aromatic rings. The minimum Gasteiger partial charge on any atom is -0.467 e. The molecule has 1 fully saturated rings. The van der Waals surface area contributed by atoms with E-state index in [1.54, 1.807) is 24.5 Å². The van der Waals surface area contributed by atoms with Crippen LogP contribution in [0.2, 0.25) is 5.02 Å². The minimum absolute atomic E-state index is 0.0537. The number of halogens is 1. The Labute approximate surface area is 139 Å². The highest BCUT2D eigenvalue weighted by Crippen LogP contribution is 2.48. The summed E-state index contributed by atoms with van der Waals surface area (Å²) < 4.78 is 5.13. The lowest BCUT2D eigenvalue weighted by atomic mass is 9.95. The number of benzene rings is 1. The molecule has 3 rings (SSSR count). The maximum Gasteiger partial charge on any atom is 0.239 e. The molecule has 2 N–H and O–H groups in total. The van der Waals surface area contributed by atoms with E-state index in [2.05, 4.69) is 10.6 Å². The van der Waals surface area contributed by atoms with Crippen LogP contribution in [-0.4, -0.2) is 18.4 Å². The van der Waals surface area contributed by atoms with Gasteiger partial charge in [-0.05, 0) is 42.7 Å². The zero-order valence-electron chi connectivity index (χ0n) is 12.5. The molecule has 0 spiro atoms. The molecule has 1 heterocycles. The third-order valence-corrected chi connectivity index (χ3v) is 4.25. The summed E-state index contributed by atoms with van der Waals surface area (Å²) in [6.45, 7) is 0.253. The second-order valence-electron chi connectivity index (χ2n) is 5.63. The van der Waals surface area contributed by atoms with Gasteiger partial charge in [0.1, 0.15) is 5.76 Å². The molecule has 0 aliphatic heterocycles. The molecule has 1 aliphatic carbocycles. The van der Waals surface area contributed by atoms with Crippen molar-refractivity contribution in [3.8, 4) is 0 Å². The number of furan rings is 1. The SMILES string of the molecule is O=C(CNC(=O)C1(c2cccc(Cl)c2)CC1)NCc1ccco1. The van der Waals surface area contributed by atoms with E-state index >= 15 is 0 Å². The van der Waals surface area contributed by atoms with Crippen LogP contribution in [0.5, 0.6) is 0 Å². The Morgan fingerprint density at radius 3 is 2.65 bits per heavy atom. The molecule has 0 radical (unpaired) electrons. The average Bonchev–Trinajstić information content (AvgIpc) is 3.20. The number of carbonyl (C=O) groups is 2. The quantitative estimate of drug-likeness (QED) is 0.853. The van der Waals surface area contributed by atoms with Gasteiger partial charge in [0.05, 0.1) is 24.8 Å². The number of hydrogen-bond acceptors (Lipinski definition) is 3. The minimum atomic E-state index is -0.536. The zero-order valence-corrected chi connectivity index (χ0v) is 13.2. The van der Waals surface area contributed by atoms with Crippen molar-refractivity contribution >= 4 is 23.4 Å².